The third-order valence-electron chi connectivity index (χ3n) is 3.77. The highest BCUT2D eigenvalue weighted by atomic mass is 32.2. The van der Waals surface area contributed by atoms with Crippen LogP contribution in [0.15, 0.2) is 29.2 Å². The Morgan fingerprint density at radius 2 is 2.16 bits per heavy atom. The molecule has 1 saturated heterocycles. The van der Waals surface area contributed by atoms with Crippen molar-refractivity contribution in [2.24, 2.45) is 0 Å². The Morgan fingerprint density at radius 3 is 2.74 bits per heavy atom. The molecule has 1 aliphatic rings. The fourth-order valence-corrected chi connectivity index (χ4v) is 3.10. The molecule has 0 amide bonds. The number of rotatable bonds is 7. The fraction of sp³-hybridized carbons (Fsp3) is 0.625. The molecule has 106 valence electrons. The van der Waals surface area contributed by atoms with E-state index in [9.17, 15) is 0 Å². The van der Waals surface area contributed by atoms with Gasteiger partial charge in [0.2, 0.25) is 0 Å². The van der Waals surface area contributed by atoms with Crippen LogP contribution < -0.4 is 5.32 Å². The molecule has 0 aromatic heterocycles. The molecule has 0 saturated carbocycles. The molecule has 1 fully saturated rings. The molecule has 2 unspecified atom stereocenters. The van der Waals surface area contributed by atoms with Crippen molar-refractivity contribution in [2.75, 3.05) is 19.4 Å². The van der Waals surface area contributed by atoms with Crippen LogP contribution in [0.5, 0.6) is 0 Å². The summed E-state index contributed by atoms with van der Waals surface area (Å²) in [7, 11) is 0. The molecule has 0 aliphatic carbocycles. The van der Waals surface area contributed by atoms with E-state index < -0.39 is 0 Å². The summed E-state index contributed by atoms with van der Waals surface area (Å²) < 4.78 is 5.72. The summed E-state index contributed by atoms with van der Waals surface area (Å²) in [6, 6.07) is 9.42. The maximum absolute atomic E-state index is 5.72. The molecular weight excluding hydrogens is 254 g/mol. The van der Waals surface area contributed by atoms with Crippen molar-refractivity contribution in [1.82, 2.24) is 5.32 Å². The average molecular weight is 279 g/mol. The molecule has 1 aliphatic heterocycles. The van der Waals surface area contributed by atoms with Gasteiger partial charge in [-0.15, -0.1) is 11.8 Å². The first-order valence-electron chi connectivity index (χ1n) is 7.32. The van der Waals surface area contributed by atoms with Gasteiger partial charge in [0.1, 0.15) is 0 Å². The largest absolute Gasteiger partial charge is 0.378 e. The van der Waals surface area contributed by atoms with Crippen LogP contribution in [-0.2, 0) is 4.74 Å². The van der Waals surface area contributed by atoms with Gasteiger partial charge in [-0.1, -0.05) is 19.1 Å². The summed E-state index contributed by atoms with van der Waals surface area (Å²) in [4.78, 5) is 1.33. The summed E-state index contributed by atoms with van der Waals surface area (Å²) in [6.07, 6.45) is 7.42. The second-order valence-corrected chi connectivity index (χ2v) is 5.98. The van der Waals surface area contributed by atoms with E-state index in [4.69, 9.17) is 4.74 Å². The Labute approximate surface area is 121 Å². The van der Waals surface area contributed by atoms with Crippen molar-refractivity contribution in [1.29, 1.82) is 0 Å². The standard InChI is InChI=1S/C16H25NOS/c1-3-17-16(11-8-14-5-4-12-18-14)13-6-9-15(19-2)10-7-13/h6-7,9-10,14,16-17H,3-5,8,11-12H2,1-2H3. The van der Waals surface area contributed by atoms with Gasteiger partial charge in [0, 0.05) is 17.5 Å². The van der Waals surface area contributed by atoms with Gasteiger partial charge in [-0.25, -0.2) is 0 Å². The predicted molar refractivity (Wildman–Crippen MR) is 82.8 cm³/mol. The molecule has 1 N–H and O–H groups in total. The van der Waals surface area contributed by atoms with Crippen LogP contribution in [0.2, 0.25) is 0 Å². The smallest absolute Gasteiger partial charge is 0.0576 e. The zero-order valence-electron chi connectivity index (χ0n) is 12.0. The van der Waals surface area contributed by atoms with E-state index in [1.54, 1.807) is 11.8 Å². The fourth-order valence-electron chi connectivity index (χ4n) is 2.69. The van der Waals surface area contributed by atoms with Crippen LogP contribution in [0, 0.1) is 0 Å². The van der Waals surface area contributed by atoms with E-state index in [1.807, 2.05) is 0 Å². The quantitative estimate of drug-likeness (QED) is 0.762. The van der Waals surface area contributed by atoms with Gasteiger partial charge in [0.25, 0.3) is 0 Å². The lowest BCUT2D eigenvalue weighted by molar-refractivity contribution is 0.0996. The van der Waals surface area contributed by atoms with E-state index in [0.29, 0.717) is 12.1 Å². The monoisotopic (exact) mass is 279 g/mol. The molecule has 0 bridgehead atoms. The van der Waals surface area contributed by atoms with E-state index >= 15 is 0 Å². The first-order chi connectivity index (χ1) is 9.33. The lowest BCUT2D eigenvalue weighted by Gasteiger charge is -2.20. The molecule has 2 rings (SSSR count). The number of hydrogen-bond acceptors (Lipinski definition) is 3. The maximum atomic E-state index is 5.72. The van der Waals surface area contributed by atoms with Crippen molar-refractivity contribution in [3.05, 3.63) is 29.8 Å². The number of hydrogen-bond donors (Lipinski definition) is 1. The molecule has 2 nitrogen and oxygen atoms in total. The second-order valence-electron chi connectivity index (χ2n) is 5.10. The SMILES string of the molecule is CCNC(CCC1CCCO1)c1ccc(SC)cc1. The molecule has 1 aromatic carbocycles. The third kappa shape index (κ3) is 4.51. The normalized spacial score (nSPS) is 20.6. The van der Waals surface area contributed by atoms with E-state index in [1.165, 1.54) is 29.7 Å². The van der Waals surface area contributed by atoms with Gasteiger partial charge in [0.15, 0.2) is 0 Å². The third-order valence-corrected chi connectivity index (χ3v) is 4.51. The van der Waals surface area contributed by atoms with Gasteiger partial charge >= 0.3 is 0 Å². The van der Waals surface area contributed by atoms with Crippen LogP contribution in [0.3, 0.4) is 0 Å². The number of nitrogens with one attached hydrogen (secondary N) is 1. The van der Waals surface area contributed by atoms with Gasteiger partial charge in [-0.05, 0) is 56.2 Å². The minimum atomic E-state index is 0.463. The highest BCUT2D eigenvalue weighted by molar-refractivity contribution is 7.98. The first-order valence-corrected chi connectivity index (χ1v) is 8.55. The minimum Gasteiger partial charge on any atom is -0.378 e. The van der Waals surface area contributed by atoms with Gasteiger partial charge in [0.05, 0.1) is 6.10 Å². The Morgan fingerprint density at radius 1 is 1.37 bits per heavy atom. The molecule has 0 radical (unpaired) electrons. The predicted octanol–water partition coefficient (Wildman–Crippen LogP) is 4.02. The average Bonchev–Trinajstić information content (AvgIpc) is 2.97. The van der Waals surface area contributed by atoms with Crippen LogP contribution in [0.4, 0.5) is 0 Å². The highest BCUT2D eigenvalue weighted by Gasteiger charge is 2.18. The van der Waals surface area contributed by atoms with Crippen molar-refractivity contribution in [2.45, 2.75) is 49.6 Å². The molecule has 0 spiro atoms. The van der Waals surface area contributed by atoms with Crippen LogP contribution >= 0.6 is 11.8 Å². The van der Waals surface area contributed by atoms with Gasteiger partial charge < -0.3 is 10.1 Å². The molecule has 1 aromatic rings. The van der Waals surface area contributed by atoms with Crippen LogP contribution in [-0.4, -0.2) is 25.5 Å². The number of ether oxygens (including phenoxy) is 1. The second kappa shape index (κ2) is 7.93. The molecule has 2 atom stereocenters. The summed E-state index contributed by atoms with van der Waals surface area (Å²) in [5, 5.41) is 3.60. The van der Waals surface area contributed by atoms with E-state index in [-0.39, 0.29) is 0 Å². The Balaban J connectivity index is 1.92. The van der Waals surface area contributed by atoms with Crippen molar-refractivity contribution in [3.8, 4) is 0 Å². The molecule has 3 heteroatoms. The van der Waals surface area contributed by atoms with E-state index in [0.717, 1.165) is 19.6 Å². The number of thioether (sulfide) groups is 1. The highest BCUT2D eigenvalue weighted by Crippen LogP contribution is 2.25. The lowest BCUT2D eigenvalue weighted by atomic mass is 9.99. The van der Waals surface area contributed by atoms with Gasteiger partial charge in [-0.3, -0.25) is 0 Å². The zero-order chi connectivity index (χ0) is 13.5. The van der Waals surface area contributed by atoms with E-state index in [2.05, 4.69) is 42.8 Å². The Kier molecular flexibility index (Phi) is 6.21. The molecule has 1 heterocycles. The molecule has 19 heavy (non-hydrogen) atoms. The summed E-state index contributed by atoms with van der Waals surface area (Å²) in [5.41, 5.74) is 1.40. The van der Waals surface area contributed by atoms with Crippen LogP contribution in [0.25, 0.3) is 0 Å². The first kappa shape index (κ1) is 14.9. The Hall–Kier alpha value is -0.510. The van der Waals surface area contributed by atoms with Crippen molar-refractivity contribution in [3.63, 3.8) is 0 Å². The Bertz CT molecular complexity index is 360. The summed E-state index contributed by atoms with van der Waals surface area (Å²) >= 11 is 1.80. The zero-order valence-corrected chi connectivity index (χ0v) is 12.8. The maximum Gasteiger partial charge on any atom is 0.0576 e. The minimum absolute atomic E-state index is 0.463. The number of benzene rings is 1. The van der Waals surface area contributed by atoms with Crippen molar-refractivity contribution >= 4 is 11.8 Å². The van der Waals surface area contributed by atoms with Crippen LogP contribution in [0.1, 0.15) is 44.2 Å². The summed E-state index contributed by atoms with van der Waals surface area (Å²) in [6.45, 7) is 4.15. The van der Waals surface area contributed by atoms with Gasteiger partial charge in [-0.2, -0.15) is 0 Å². The summed E-state index contributed by atoms with van der Waals surface area (Å²) in [5.74, 6) is 0. The molecular formula is C16H25NOS. The van der Waals surface area contributed by atoms with Crippen molar-refractivity contribution < 1.29 is 4.74 Å². The lowest BCUT2D eigenvalue weighted by Crippen LogP contribution is -2.22. The topological polar surface area (TPSA) is 21.3 Å².